The molecule has 0 amide bonds. The van der Waals surface area contributed by atoms with Gasteiger partial charge in [-0.25, -0.2) is 4.98 Å². The van der Waals surface area contributed by atoms with E-state index in [9.17, 15) is 5.11 Å². The molecule has 0 radical (unpaired) electrons. The zero-order valence-corrected chi connectivity index (χ0v) is 9.49. The molecule has 1 aromatic rings. The summed E-state index contributed by atoms with van der Waals surface area (Å²) in [6.45, 7) is -0.213. The van der Waals surface area contributed by atoms with Crippen LogP contribution in [0, 0.1) is 6.92 Å². The van der Waals surface area contributed by atoms with Gasteiger partial charge in [-0.15, -0.1) is 0 Å². The van der Waals surface area contributed by atoms with Gasteiger partial charge in [0.15, 0.2) is 0 Å². The van der Waals surface area contributed by atoms with Gasteiger partial charge >= 0.3 is 0 Å². The van der Waals surface area contributed by atoms with E-state index in [1.165, 1.54) is 6.08 Å². The summed E-state index contributed by atoms with van der Waals surface area (Å²) in [7, 11) is 0. The third kappa shape index (κ3) is 2.04. The van der Waals surface area contributed by atoms with E-state index in [2.05, 4.69) is 4.98 Å². The molecule has 0 spiro atoms. The van der Waals surface area contributed by atoms with E-state index in [4.69, 9.17) is 15.7 Å². The molecule has 0 unspecified atom stereocenters. The highest BCUT2D eigenvalue weighted by Crippen LogP contribution is 2.27. The quantitative estimate of drug-likeness (QED) is 0.765. The summed E-state index contributed by atoms with van der Waals surface area (Å²) >= 11 is 5.86. The lowest BCUT2D eigenvalue weighted by Gasteiger charge is -2.28. The first-order valence-electron chi connectivity index (χ1n) is 6.30. The second kappa shape index (κ2) is 4.18. The Hall–Kier alpha value is -1.48. The van der Waals surface area contributed by atoms with Crippen molar-refractivity contribution < 1.29 is 9.22 Å². The predicted molar refractivity (Wildman–Crippen MR) is 65.8 cm³/mol. The molecule has 1 aromatic heterocycles. The lowest BCUT2D eigenvalue weighted by Crippen LogP contribution is -2.24. The molecule has 16 heavy (non-hydrogen) atoms. The highest BCUT2D eigenvalue weighted by Gasteiger charge is 2.14. The van der Waals surface area contributed by atoms with Crippen LogP contribution in [0.1, 0.15) is 16.5 Å². The minimum absolute atomic E-state index is 0.0415. The van der Waals surface area contributed by atoms with Crippen molar-refractivity contribution in [3.63, 3.8) is 0 Å². The molecule has 4 heteroatoms. The molecule has 0 bridgehead atoms. The summed E-state index contributed by atoms with van der Waals surface area (Å²) in [5.41, 5.74) is 1.55. The number of hydrogen-bond donors (Lipinski definition) is 1. The van der Waals surface area contributed by atoms with Crippen molar-refractivity contribution in [2.24, 2.45) is 0 Å². The topological polar surface area (TPSA) is 36.4 Å². The molecule has 0 fully saturated rings. The maximum atomic E-state index is 9.50. The van der Waals surface area contributed by atoms with Crippen LogP contribution in [-0.2, 0) is 0 Å². The number of nitrogens with zero attached hydrogens (tertiary/aromatic N) is 2. The van der Waals surface area contributed by atoms with Gasteiger partial charge in [-0.2, -0.15) is 0 Å². The number of anilines is 1. The Labute approximate surface area is 104 Å². The van der Waals surface area contributed by atoms with Gasteiger partial charge in [0.05, 0.1) is 0 Å². The summed E-state index contributed by atoms with van der Waals surface area (Å²) in [5.74, 6) is -0.0415. The fraction of sp³-hybridized carbons (Fsp3) is 0.250. The number of allylic oxidation sites excluding steroid dienone is 2. The van der Waals surface area contributed by atoms with Crippen LogP contribution in [-0.4, -0.2) is 16.6 Å². The van der Waals surface area contributed by atoms with E-state index in [-0.39, 0.29) is 18.0 Å². The molecule has 0 saturated heterocycles. The van der Waals surface area contributed by atoms with E-state index in [1.807, 2.05) is 6.92 Å². The molecular formula is C12H13ClN2O. The monoisotopic (exact) mass is 239 g/mol. The molecule has 2 heterocycles. The van der Waals surface area contributed by atoms with Crippen LogP contribution in [0.3, 0.4) is 0 Å². The van der Waals surface area contributed by atoms with E-state index >= 15 is 0 Å². The molecule has 1 aliphatic rings. The minimum atomic E-state index is -2.32. The summed E-state index contributed by atoms with van der Waals surface area (Å²) in [6, 6.07) is 1.62. The Morgan fingerprint density at radius 3 is 3.19 bits per heavy atom. The van der Waals surface area contributed by atoms with Gasteiger partial charge in [0.25, 0.3) is 0 Å². The predicted octanol–water partition coefficient (Wildman–Crippen LogP) is 3.21. The first-order chi connectivity index (χ1) is 8.79. The van der Waals surface area contributed by atoms with Gasteiger partial charge in [0.2, 0.25) is 0 Å². The van der Waals surface area contributed by atoms with Crippen LogP contribution in [0.15, 0.2) is 35.9 Å². The molecule has 1 aliphatic heterocycles. The number of hydrogen-bond acceptors (Lipinski definition) is 3. The molecule has 0 aromatic carbocycles. The van der Waals surface area contributed by atoms with Gasteiger partial charge in [-0.3, -0.25) is 0 Å². The lowest BCUT2D eigenvalue weighted by molar-refractivity contribution is 0.427. The van der Waals surface area contributed by atoms with Crippen LogP contribution < -0.4 is 4.90 Å². The largest absolute Gasteiger partial charge is 0.508 e. The first-order valence-corrected chi connectivity index (χ1v) is 5.18. The second-order valence-electron chi connectivity index (χ2n) is 3.56. The van der Waals surface area contributed by atoms with Crippen molar-refractivity contribution in [3.8, 4) is 0 Å². The fourth-order valence-electron chi connectivity index (χ4n) is 1.57. The number of aromatic nitrogens is 1. The molecule has 1 N–H and O–H groups in total. The molecular weight excluding hydrogens is 224 g/mol. The fourth-order valence-corrected chi connectivity index (χ4v) is 1.72. The molecule has 2 rings (SSSR count). The number of aliphatic hydroxyl groups excluding tert-OH is 1. The molecule has 0 saturated carbocycles. The maximum Gasteiger partial charge on any atom is 0.131 e. The smallest absolute Gasteiger partial charge is 0.131 e. The number of pyridine rings is 1. The Kier molecular flexibility index (Phi) is 2.02. The van der Waals surface area contributed by atoms with Gasteiger partial charge in [0.1, 0.15) is 10.9 Å². The van der Waals surface area contributed by atoms with Crippen LogP contribution in [0.2, 0.25) is 5.15 Å². The van der Waals surface area contributed by atoms with Gasteiger partial charge < -0.3 is 10.0 Å². The van der Waals surface area contributed by atoms with Crippen molar-refractivity contribution in [2.75, 3.05) is 11.4 Å². The average Bonchev–Trinajstić information content (AvgIpc) is 2.31. The highest BCUT2D eigenvalue weighted by molar-refractivity contribution is 6.29. The van der Waals surface area contributed by atoms with E-state index in [1.54, 1.807) is 23.2 Å². The highest BCUT2D eigenvalue weighted by atomic mass is 35.5. The van der Waals surface area contributed by atoms with Crippen molar-refractivity contribution in [1.29, 1.82) is 0 Å². The SMILES string of the molecule is [2H]C([2H])([2H])C1=CC(O)=CCN1c1cc(Cl)ncc1C. The molecule has 84 valence electrons. The van der Waals surface area contributed by atoms with Crippen LogP contribution >= 0.6 is 11.6 Å². The normalized spacial score (nSPS) is 19.4. The van der Waals surface area contributed by atoms with Crippen molar-refractivity contribution in [2.45, 2.75) is 13.8 Å². The molecule has 3 nitrogen and oxygen atoms in total. The summed E-state index contributed by atoms with van der Waals surface area (Å²) in [5, 5.41) is 9.80. The van der Waals surface area contributed by atoms with Gasteiger partial charge in [0, 0.05) is 28.2 Å². The van der Waals surface area contributed by atoms with Gasteiger partial charge in [-0.05, 0) is 37.6 Å². The summed E-state index contributed by atoms with van der Waals surface area (Å²) < 4.78 is 22.7. The standard InChI is InChI=1S/C12H13ClN2O/c1-8-7-14-12(13)6-11(8)15-4-3-10(16)5-9(15)2/h3,5-7,16H,4H2,1-2H3/i2D3. The van der Waals surface area contributed by atoms with Crippen molar-refractivity contribution >= 4 is 17.3 Å². The number of aryl methyl sites for hydroxylation is 1. The number of halogens is 1. The van der Waals surface area contributed by atoms with E-state index in [0.717, 1.165) is 5.56 Å². The zero-order chi connectivity index (χ0) is 14.2. The molecule has 0 atom stereocenters. The third-order valence-corrected chi connectivity index (χ3v) is 2.60. The molecule has 0 aliphatic carbocycles. The zero-order valence-electron chi connectivity index (χ0n) is 11.7. The maximum absolute atomic E-state index is 9.50. The van der Waals surface area contributed by atoms with Gasteiger partial charge in [-0.1, -0.05) is 11.6 Å². The summed E-state index contributed by atoms with van der Waals surface area (Å²) in [6.07, 6.45) is 4.39. The van der Waals surface area contributed by atoms with Crippen LogP contribution in [0.25, 0.3) is 0 Å². The number of aliphatic hydroxyl groups is 1. The minimum Gasteiger partial charge on any atom is -0.508 e. The Bertz CT molecular complexity index is 567. The van der Waals surface area contributed by atoms with Crippen LogP contribution in [0.5, 0.6) is 0 Å². The lowest BCUT2D eigenvalue weighted by atomic mass is 10.1. The Morgan fingerprint density at radius 1 is 1.62 bits per heavy atom. The summed E-state index contributed by atoms with van der Waals surface area (Å²) in [4.78, 5) is 5.56. The Morgan fingerprint density at radius 2 is 2.44 bits per heavy atom. The van der Waals surface area contributed by atoms with E-state index in [0.29, 0.717) is 10.8 Å². The number of rotatable bonds is 1. The first kappa shape index (κ1) is 7.74. The Balaban J connectivity index is 2.50. The second-order valence-corrected chi connectivity index (χ2v) is 3.95. The van der Waals surface area contributed by atoms with Crippen LogP contribution in [0.4, 0.5) is 5.69 Å². The average molecular weight is 240 g/mol. The van der Waals surface area contributed by atoms with E-state index < -0.39 is 6.85 Å². The van der Waals surface area contributed by atoms with Crippen molar-refractivity contribution in [1.82, 2.24) is 4.98 Å². The third-order valence-electron chi connectivity index (χ3n) is 2.39. The van der Waals surface area contributed by atoms with Crippen molar-refractivity contribution in [3.05, 3.63) is 46.6 Å².